The van der Waals surface area contributed by atoms with E-state index < -0.39 is 17.9 Å². The lowest BCUT2D eigenvalue weighted by molar-refractivity contribution is -0.123. The number of nitrogens with one attached hydrogen (secondary N) is 1. The van der Waals surface area contributed by atoms with Crippen LogP contribution in [0.2, 0.25) is 0 Å². The maximum atomic E-state index is 11.6. The minimum Gasteiger partial charge on any atom is -0.478 e. The van der Waals surface area contributed by atoms with Crippen LogP contribution >= 0.6 is 0 Å². The molecule has 1 unspecified atom stereocenters. The summed E-state index contributed by atoms with van der Waals surface area (Å²) in [4.78, 5) is 26.1. The van der Waals surface area contributed by atoms with Crippen LogP contribution in [0.5, 0.6) is 5.88 Å². The summed E-state index contributed by atoms with van der Waals surface area (Å²) in [6.07, 6.45) is 1.25. The van der Waals surface area contributed by atoms with Crippen LogP contribution in [0.25, 0.3) is 0 Å². The molecule has 98 valence electrons. The molecule has 1 aromatic heterocycles. The highest BCUT2D eigenvalue weighted by Gasteiger charge is 2.16. The Kier molecular flexibility index (Phi) is 5.06. The Bertz CT molecular complexity index is 419. The van der Waals surface area contributed by atoms with Crippen LogP contribution < -0.4 is 21.5 Å². The van der Waals surface area contributed by atoms with Crippen molar-refractivity contribution in [3.63, 3.8) is 0 Å². The van der Waals surface area contributed by atoms with Crippen LogP contribution in [0.3, 0.4) is 0 Å². The van der Waals surface area contributed by atoms with E-state index in [1.807, 2.05) is 6.92 Å². The van der Waals surface area contributed by atoms with Crippen LogP contribution in [0.15, 0.2) is 18.3 Å². The predicted molar refractivity (Wildman–Crippen MR) is 65.8 cm³/mol. The average Bonchev–Trinajstić information content (AvgIpc) is 2.31. The number of pyridine rings is 1. The second-order valence-corrected chi connectivity index (χ2v) is 3.58. The SMILES string of the molecule is CCOc1ccc(NC(=O)C(N)CC(N)=O)cn1. The zero-order chi connectivity index (χ0) is 13.5. The lowest BCUT2D eigenvalue weighted by Crippen LogP contribution is -2.39. The van der Waals surface area contributed by atoms with Crippen molar-refractivity contribution >= 4 is 17.5 Å². The van der Waals surface area contributed by atoms with Gasteiger partial charge >= 0.3 is 0 Å². The number of nitrogens with zero attached hydrogens (tertiary/aromatic N) is 1. The molecule has 0 fully saturated rings. The molecule has 0 aliphatic rings. The molecule has 1 heterocycles. The highest BCUT2D eigenvalue weighted by atomic mass is 16.5. The lowest BCUT2D eigenvalue weighted by atomic mass is 10.2. The topological polar surface area (TPSA) is 120 Å². The van der Waals surface area contributed by atoms with Gasteiger partial charge in [-0.1, -0.05) is 0 Å². The molecule has 1 atom stereocenters. The average molecular weight is 252 g/mol. The molecule has 7 heteroatoms. The number of hydrogen-bond acceptors (Lipinski definition) is 5. The number of carbonyl (C=O) groups is 2. The molecule has 0 saturated carbocycles. The Morgan fingerprint density at radius 3 is 2.72 bits per heavy atom. The molecule has 0 aliphatic heterocycles. The zero-order valence-corrected chi connectivity index (χ0v) is 10.1. The van der Waals surface area contributed by atoms with Gasteiger partial charge in [0.1, 0.15) is 0 Å². The summed E-state index contributed by atoms with van der Waals surface area (Å²) >= 11 is 0. The second-order valence-electron chi connectivity index (χ2n) is 3.58. The Morgan fingerprint density at radius 1 is 1.50 bits per heavy atom. The van der Waals surface area contributed by atoms with E-state index in [4.69, 9.17) is 16.2 Å². The van der Waals surface area contributed by atoms with Crippen molar-refractivity contribution in [2.24, 2.45) is 11.5 Å². The van der Waals surface area contributed by atoms with E-state index in [2.05, 4.69) is 10.3 Å². The van der Waals surface area contributed by atoms with Crippen LogP contribution in [0.4, 0.5) is 5.69 Å². The third-order valence-corrected chi connectivity index (χ3v) is 2.05. The van der Waals surface area contributed by atoms with Crippen LogP contribution in [0.1, 0.15) is 13.3 Å². The van der Waals surface area contributed by atoms with Crippen LogP contribution in [-0.2, 0) is 9.59 Å². The number of carbonyl (C=O) groups excluding carboxylic acids is 2. The summed E-state index contributed by atoms with van der Waals surface area (Å²) in [5.41, 5.74) is 10.9. The van der Waals surface area contributed by atoms with E-state index in [0.717, 1.165) is 0 Å². The Morgan fingerprint density at radius 2 is 2.22 bits per heavy atom. The summed E-state index contributed by atoms with van der Waals surface area (Å²) in [5.74, 6) is -0.640. The number of aromatic nitrogens is 1. The number of amides is 2. The van der Waals surface area contributed by atoms with Gasteiger partial charge in [0.05, 0.1) is 31.0 Å². The maximum Gasteiger partial charge on any atom is 0.241 e. The van der Waals surface area contributed by atoms with Crippen molar-refractivity contribution in [1.82, 2.24) is 4.98 Å². The second kappa shape index (κ2) is 6.55. The predicted octanol–water partition coefficient (Wildman–Crippen LogP) is -0.378. The molecule has 5 N–H and O–H groups in total. The first kappa shape index (κ1) is 13.9. The van der Waals surface area contributed by atoms with Gasteiger partial charge in [-0.25, -0.2) is 4.98 Å². The quantitative estimate of drug-likeness (QED) is 0.637. The molecule has 2 amide bonds. The summed E-state index contributed by atoms with van der Waals surface area (Å²) in [5, 5.41) is 2.53. The summed E-state index contributed by atoms with van der Waals surface area (Å²) < 4.78 is 5.16. The fourth-order valence-corrected chi connectivity index (χ4v) is 1.23. The molecule has 0 bridgehead atoms. The first-order valence-electron chi connectivity index (χ1n) is 5.46. The fraction of sp³-hybridized carbons (Fsp3) is 0.364. The first-order chi connectivity index (χ1) is 8.52. The van der Waals surface area contributed by atoms with Crippen molar-refractivity contribution < 1.29 is 14.3 Å². The molecular weight excluding hydrogens is 236 g/mol. The minimum absolute atomic E-state index is 0.198. The number of hydrogen-bond donors (Lipinski definition) is 3. The van der Waals surface area contributed by atoms with Crippen LogP contribution in [-0.4, -0.2) is 29.4 Å². The molecule has 0 aliphatic carbocycles. The van der Waals surface area contributed by atoms with Crippen molar-refractivity contribution in [3.8, 4) is 5.88 Å². The van der Waals surface area contributed by atoms with E-state index in [0.29, 0.717) is 18.2 Å². The Hall–Kier alpha value is -2.15. The summed E-state index contributed by atoms with van der Waals surface area (Å²) in [6.45, 7) is 2.36. The molecule has 1 rings (SSSR count). The summed E-state index contributed by atoms with van der Waals surface area (Å²) in [6, 6.07) is 2.29. The van der Waals surface area contributed by atoms with Crippen molar-refractivity contribution in [2.45, 2.75) is 19.4 Å². The summed E-state index contributed by atoms with van der Waals surface area (Å²) in [7, 11) is 0. The van der Waals surface area contributed by atoms with E-state index >= 15 is 0 Å². The van der Waals surface area contributed by atoms with Crippen molar-refractivity contribution in [2.75, 3.05) is 11.9 Å². The molecule has 18 heavy (non-hydrogen) atoms. The van der Waals surface area contributed by atoms with E-state index in [-0.39, 0.29) is 6.42 Å². The molecule has 7 nitrogen and oxygen atoms in total. The number of rotatable bonds is 6. The van der Waals surface area contributed by atoms with Gasteiger partial charge < -0.3 is 21.5 Å². The first-order valence-corrected chi connectivity index (χ1v) is 5.46. The zero-order valence-electron chi connectivity index (χ0n) is 10.1. The third-order valence-electron chi connectivity index (χ3n) is 2.05. The fourth-order valence-electron chi connectivity index (χ4n) is 1.23. The molecule has 0 radical (unpaired) electrons. The van der Waals surface area contributed by atoms with E-state index in [1.54, 1.807) is 12.1 Å². The van der Waals surface area contributed by atoms with Crippen LogP contribution in [0, 0.1) is 0 Å². The Balaban J connectivity index is 2.56. The normalized spacial score (nSPS) is 11.7. The number of primary amides is 1. The smallest absolute Gasteiger partial charge is 0.241 e. The van der Waals surface area contributed by atoms with Gasteiger partial charge in [0, 0.05) is 6.07 Å². The van der Waals surface area contributed by atoms with Gasteiger partial charge in [0.25, 0.3) is 0 Å². The number of nitrogens with two attached hydrogens (primary N) is 2. The minimum atomic E-state index is -0.964. The van der Waals surface area contributed by atoms with Gasteiger partial charge in [-0.2, -0.15) is 0 Å². The van der Waals surface area contributed by atoms with Crippen molar-refractivity contribution in [1.29, 1.82) is 0 Å². The standard InChI is InChI=1S/C11H16N4O3/c1-2-18-10-4-3-7(6-14-10)15-11(17)8(12)5-9(13)16/h3-4,6,8H,2,5,12H2,1H3,(H2,13,16)(H,15,17). The van der Waals surface area contributed by atoms with Gasteiger partial charge in [0.15, 0.2) is 0 Å². The van der Waals surface area contributed by atoms with Gasteiger partial charge in [0.2, 0.25) is 17.7 Å². The number of anilines is 1. The highest BCUT2D eigenvalue weighted by molar-refractivity contribution is 5.97. The lowest BCUT2D eigenvalue weighted by Gasteiger charge is -2.10. The van der Waals surface area contributed by atoms with E-state index in [1.165, 1.54) is 6.20 Å². The van der Waals surface area contributed by atoms with Gasteiger partial charge in [-0.3, -0.25) is 9.59 Å². The largest absolute Gasteiger partial charge is 0.478 e. The van der Waals surface area contributed by atoms with Crippen molar-refractivity contribution in [3.05, 3.63) is 18.3 Å². The third kappa shape index (κ3) is 4.38. The number of ether oxygens (including phenoxy) is 1. The van der Waals surface area contributed by atoms with Gasteiger partial charge in [-0.05, 0) is 13.0 Å². The maximum absolute atomic E-state index is 11.6. The molecule has 0 saturated heterocycles. The van der Waals surface area contributed by atoms with E-state index in [9.17, 15) is 9.59 Å². The molecule has 1 aromatic rings. The highest BCUT2D eigenvalue weighted by Crippen LogP contribution is 2.11. The monoisotopic (exact) mass is 252 g/mol. The van der Waals surface area contributed by atoms with Gasteiger partial charge in [-0.15, -0.1) is 0 Å². The molecule has 0 aromatic carbocycles. The molecular formula is C11H16N4O3. The Labute approximate surface area is 105 Å². The molecule has 0 spiro atoms.